The molecule has 0 aliphatic heterocycles. The first-order valence-electron chi connectivity index (χ1n) is 9.09. The third-order valence-electron chi connectivity index (χ3n) is 4.46. The summed E-state index contributed by atoms with van der Waals surface area (Å²) in [5, 5.41) is 0. The summed E-state index contributed by atoms with van der Waals surface area (Å²) >= 11 is 0. The quantitative estimate of drug-likeness (QED) is 0.503. The van der Waals surface area contributed by atoms with Crippen molar-refractivity contribution < 1.29 is 4.74 Å². The number of ether oxygens (including phenoxy) is 1. The van der Waals surface area contributed by atoms with Gasteiger partial charge in [-0.3, -0.25) is 4.40 Å². The zero-order valence-corrected chi connectivity index (χ0v) is 15.7. The second kappa shape index (κ2) is 7.64. The van der Waals surface area contributed by atoms with Gasteiger partial charge in [-0.25, -0.2) is 4.98 Å². The number of hydrogen-bond acceptors (Lipinski definition) is 3. The summed E-state index contributed by atoms with van der Waals surface area (Å²) in [7, 11) is 4.15. The van der Waals surface area contributed by atoms with E-state index in [1.807, 2.05) is 48.5 Å². The summed E-state index contributed by atoms with van der Waals surface area (Å²) < 4.78 is 8.26. The van der Waals surface area contributed by atoms with Gasteiger partial charge in [0, 0.05) is 18.3 Å². The molecule has 4 rings (SSSR count). The molecule has 4 nitrogen and oxygen atoms in total. The van der Waals surface area contributed by atoms with Crippen molar-refractivity contribution in [1.29, 1.82) is 0 Å². The molecule has 0 amide bonds. The molecule has 0 aliphatic rings. The zero-order valence-electron chi connectivity index (χ0n) is 15.7. The van der Waals surface area contributed by atoms with Gasteiger partial charge in [-0.05, 0) is 31.8 Å². The van der Waals surface area contributed by atoms with Crippen molar-refractivity contribution in [1.82, 2.24) is 14.3 Å². The molecule has 0 unspecified atom stereocenters. The average Bonchev–Trinajstić information content (AvgIpc) is 3.06. The minimum atomic E-state index is 0.525. The SMILES string of the molecule is CN(C)Cc1c(-c2ccccc2)nc2c(OCc3ccccc3)cccn12. The minimum absolute atomic E-state index is 0.525. The summed E-state index contributed by atoms with van der Waals surface area (Å²) in [6.45, 7) is 1.32. The van der Waals surface area contributed by atoms with Crippen molar-refractivity contribution in [3.05, 3.63) is 90.3 Å². The van der Waals surface area contributed by atoms with Gasteiger partial charge in [-0.15, -0.1) is 0 Å². The normalized spacial score (nSPS) is 11.2. The van der Waals surface area contributed by atoms with Gasteiger partial charge in [-0.1, -0.05) is 60.7 Å². The molecule has 0 fully saturated rings. The highest BCUT2D eigenvalue weighted by Crippen LogP contribution is 2.29. The van der Waals surface area contributed by atoms with Gasteiger partial charge in [-0.2, -0.15) is 0 Å². The number of nitrogens with zero attached hydrogens (tertiary/aromatic N) is 3. The molecule has 0 bridgehead atoms. The number of benzene rings is 2. The fraction of sp³-hybridized carbons (Fsp3) is 0.174. The number of imidazole rings is 1. The topological polar surface area (TPSA) is 29.8 Å². The van der Waals surface area contributed by atoms with E-state index in [1.54, 1.807) is 0 Å². The Kier molecular flexibility index (Phi) is 4.90. The molecule has 27 heavy (non-hydrogen) atoms. The van der Waals surface area contributed by atoms with E-state index in [9.17, 15) is 0 Å². The van der Waals surface area contributed by atoms with Crippen molar-refractivity contribution in [2.24, 2.45) is 0 Å². The molecule has 2 aromatic carbocycles. The number of rotatable bonds is 6. The van der Waals surface area contributed by atoms with Crippen LogP contribution < -0.4 is 4.74 Å². The minimum Gasteiger partial charge on any atom is -0.485 e. The Balaban J connectivity index is 1.77. The zero-order chi connectivity index (χ0) is 18.6. The highest BCUT2D eigenvalue weighted by Gasteiger charge is 2.17. The summed E-state index contributed by atoms with van der Waals surface area (Å²) in [6.07, 6.45) is 2.06. The predicted molar refractivity (Wildman–Crippen MR) is 109 cm³/mol. The van der Waals surface area contributed by atoms with Gasteiger partial charge in [0.1, 0.15) is 6.61 Å². The van der Waals surface area contributed by atoms with Crippen LogP contribution in [0.25, 0.3) is 16.9 Å². The van der Waals surface area contributed by atoms with Crippen molar-refractivity contribution in [2.75, 3.05) is 14.1 Å². The van der Waals surface area contributed by atoms with Gasteiger partial charge in [0.25, 0.3) is 0 Å². The second-order valence-corrected chi connectivity index (χ2v) is 6.85. The molecule has 136 valence electrons. The van der Waals surface area contributed by atoms with Crippen molar-refractivity contribution in [2.45, 2.75) is 13.2 Å². The van der Waals surface area contributed by atoms with Crippen LogP contribution in [-0.2, 0) is 13.2 Å². The van der Waals surface area contributed by atoms with E-state index in [1.165, 1.54) is 0 Å². The fourth-order valence-corrected chi connectivity index (χ4v) is 3.22. The summed E-state index contributed by atoms with van der Waals surface area (Å²) in [4.78, 5) is 7.12. The van der Waals surface area contributed by atoms with E-state index in [0.717, 1.165) is 40.5 Å². The highest BCUT2D eigenvalue weighted by molar-refractivity contribution is 5.69. The lowest BCUT2D eigenvalue weighted by molar-refractivity contribution is 0.308. The number of fused-ring (bicyclic) bond motifs is 1. The number of pyridine rings is 1. The molecule has 4 heteroatoms. The van der Waals surface area contributed by atoms with Crippen LogP contribution >= 0.6 is 0 Å². The molecular formula is C23H23N3O. The Bertz CT molecular complexity index is 1020. The largest absolute Gasteiger partial charge is 0.485 e. The summed E-state index contributed by atoms with van der Waals surface area (Å²) in [6, 6.07) is 24.5. The fourth-order valence-electron chi connectivity index (χ4n) is 3.22. The Morgan fingerprint density at radius 2 is 1.59 bits per heavy atom. The lowest BCUT2D eigenvalue weighted by Gasteiger charge is -2.12. The van der Waals surface area contributed by atoms with Crippen LogP contribution in [0.15, 0.2) is 79.0 Å². The molecule has 0 aliphatic carbocycles. The first-order valence-corrected chi connectivity index (χ1v) is 9.09. The van der Waals surface area contributed by atoms with E-state index < -0.39 is 0 Å². The molecule has 4 aromatic rings. The molecule has 0 atom stereocenters. The summed E-state index contributed by atoms with van der Waals surface area (Å²) in [5.41, 5.74) is 5.27. The maximum absolute atomic E-state index is 6.12. The number of hydrogen-bond donors (Lipinski definition) is 0. The van der Waals surface area contributed by atoms with E-state index in [4.69, 9.17) is 9.72 Å². The van der Waals surface area contributed by atoms with E-state index in [-0.39, 0.29) is 0 Å². The van der Waals surface area contributed by atoms with Crippen LogP contribution in [0.1, 0.15) is 11.3 Å². The van der Waals surface area contributed by atoms with Crippen LogP contribution in [0.4, 0.5) is 0 Å². The third-order valence-corrected chi connectivity index (χ3v) is 4.46. The monoisotopic (exact) mass is 357 g/mol. The van der Waals surface area contributed by atoms with Gasteiger partial charge in [0.2, 0.25) is 0 Å². The smallest absolute Gasteiger partial charge is 0.180 e. The predicted octanol–water partition coefficient (Wildman–Crippen LogP) is 4.64. The Morgan fingerprint density at radius 1 is 0.889 bits per heavy atom. The molecule has 0 spiro atoms. The van der Waals surface area contributed by atoms with Gasteiger partial charge in [0.05, 0.1) is 11.4 Å². The van der Waals surface area contributed by atoms with Crippen LogP contribution in [0.5, 0.6) is 5.75 Å². The van der Waals surface area contributed by atoms with Gasteiger partial charge >= 0.3 is 0 Å². The van der Waals surface area contributed by atoms with E-state index >= 15 is 0 Å². The molecule has 0 saturated carbocycles. The second-order valence-electron chi connectivity index (χ2n) is 6.85. The van der Waals surface area contributed by atoms with Crippen LogP contribution in [0, 0.1) is 0 Å². The standard InChI is InChI=1S/C23H23N3O/c1-25(2)16-20-22(19-12-7-4-8-13-19)24-23-21(14-9-15-26(20)23)27-17-18-10-5-3-6-11-18/h3-15H,16-17H2,1-2H3. The first-order chi connectivity index (χ1) is 13.2. The lowest BCUT2D eigenvalue weighted by atomic mass is 10.1. The first kappa shape index (κ1) is 17.3. The third kappa shape index (κ3) is 3.71. The molecular weight excluding hydrogens is 334 g/mol. The van der Waals surface area contributed by atoms with Gasteiger partial charge < -0.3 is 9.64 Å². The van der Waals surface area contributed by atoms with Gasteiger partial charge in [0.15, 0.2) is 11.4 Å². The van der Waals surface area contributed by atoms with Crippen LogP contribution in [0.3, 0.4) is 0 Å². The molecule has 2 heterocycles. The van der Waals surface area contributed by atoms with E-state index in [0.29, 0.717) is 6.61 Å². The molecule has 0 radical (unpaired) electrons. The lowest BCUT2D eigenvalue weighted by Crippen LogP contribution is -2.13. The van der Waals surface area contributed by atoms with Crippen LogP contribution in [0.2, 0.25) is 0 Å². The van der Waals surface area contributed by atoms with Crippen molar-refractivity contribution in [3.8, 4) is 17.0 Å². The van der Waals surface area contributed by atoms with Crippen LogP contribution in [-0.4, -0.2) is 28.4 Å². The highest BCUT2D eigenvalue weighted by atomic mass is 16.5. The van der Waals surface area contributed by atoms with E-state index in [2.05, 4.69) is 53.9 Å². The number of aromatic nitrogens is 2. The maximum Gasteiger partial charge on any atom is 0.180 e. The molecule has 0 saturated heterocycles. The Hall–Kier alpha value is -3.11. The summed E-state index contributed by atoms with van der Waals surface area (Å²) in [5.74, 6) is 0.795. The average molecular weight is 357 g/mol. The molecule has 2 aromatic heterocycles. The molecule has 0 N–H and O–H groups in total. The van der Waals surface area contributed by atoms with Crippen molar-refractivity contribution in [3.63, 3.8) is 0 Å². The Labute approximate surface area is 159 Å². The van der Waals surface area contributed by atoms with Crippen molar-refractivity contribution >= 4 is 5.65 Å². The maximum atomic E-state index is 6.12. The Morgan fingerprint density at radius 3 is 2.30 bits per heavy atom.